The fourth-order valence-electron chi connectivity index (χ4n) is 2.43. The van der Waals surface area contributed by atoms with Gasteiger partial charge in [-0.05, 0) is 5.56 Å². The second-order valence-corrected chi connectivity index (χ2v) is 5.38. The van der Waals surface area contributed by atoms with E-state index in [1.807, 2.05) is 30.3 Å². The average Bonchev–Trinajstić information content (AvgIpc) is 2.58. The van der Waals surface area contributed by atoms with E-state index in [9.17, 15) is 14.7 Å². The van der Waals surface area contributed by atoms with Crippen molar-refractivity contribution in [3.8, 4) is 0 Å². The molecule has 0 bridgehead atoms. The van der Waals surface area contributed by atoms with E-state index in [2.05, 4.69) is 10.1 Å². The summed E-state index contributed by atoms with van der Waals surface area (Å²) < 4.78 is 15.0. The van der Waals surface area contributed by atoms with E-state index in [4.69, 9.17) is 9.47 Å². The van der Waals surface area contributed by atoms with Crippen LogP contribution in [0, 0.1) is 0 Å². The molecule has 0 radical (unpaired) electrons. The van der Waals surface area contributed by atoms with Gasteiger partial charge in [-0.15, -0.1) is 0 Å². The van der Waals surface area contributed by atoms with Gasteiger partial charge in [-0.1, -0.05) is 30.3 Å². The van der Waals surface area contributed by atoms with Gasteiger partial charge in [-0.25, -0.2) is 9.59 Å². The van der Waals surface area contributed by atoms with Crippen molar-refractivity contribution in [1.82, 2.24) is 5.32 Å². The molecular weight excluding hydrogens is 302 g/mol. The number of amides is 1. The van der Waals surface area contributed by atoms with E-state index in [1.165, 1.54) is 7.11 Å². The summed E-state index contributed by atoms with van der Waals surface area (Å²) in [6, 6.07) is 7.96. The van der Waals surface area contributed by atoms with Gasteiger partial charge in [0.05, 0.1) is 7.11 Å². The normalized spacial score (nSPS) is 17.8. The Bertz CT molecular complexity index is 527. The first-order valence-electron chi connectivity index (χ1n) is 7.40. The molecule has 1 aromatic carbocycles. The predicted octanol–water partition coefficient (Wildman–Crippen LogP) is 0.996. The number of methoxy groups -OCH3 is 1. The third-order valence-corrected chi connectivity index (χ3v) is 3.81. The van der Waals surface area contributed by atoms with Crippen LogP contribution in [0.1, 0.15) is 18.4 Å². The second-order valence-electron chi connectivity index (χ2n) is 5.38. The number of nitrogens with one attached hydrogen (secondary N) is 1. The standard InChI is InChI=1S/C16H21NO6/c1-21-14(18)13(16(20)7-9-22-10-8-16)17-15(19)23-11-12-5-3-2-4-6-12/h2-6,13,20H,7-11H2,1H3,(H,17,19)/t13-/m0/s1. The Morgan fingerprint density at radius 1 is 1.30 bits per heavy atom. The summed E-state index contributed by atoms with van der Waals surface area (Å²) in [5.74, 6) is -0.717. The Kier molecular flexibility index (Phi) is 5.95. The molecule has 2 N–H and O–H groups in total. The zero-order valence-electron chi connectivity index (χ0n) is 13.0. The third-order valence-electron chi connectivity index (χ3n) is 3.81. The van der Waals surface area contributed by atoms with Gasteiger partial charge < -0.3 is 24.6 Å². The van der Waals surface area contributed by atoms with Gasteiger partial charge in [0, 0.05) is 26.1 Å². The van der Waals surface area contributed by atoms with Crippen LogP contribution in [0.25, 0.3) is 0 Å². The molecule has 7 nitrogen and oxygen atoms in total. The Labute approximate surface area is 134 Å². The van der Waals surface area contributed by atoms with Gasteiger partial charge in [-0.2, -0.15) is 0 Å². The van der Waals surface area contributed by atoms with Crippen molar-refractivity contribution in [3.63, 3.8) is 0 Å². The lowest BCUT2D eigenvalue weighted by Crippen LogP contribution is -2.59. The Hall–Kier alpha value is -2.12. The highest BCUT2D eigenvalue weighted by molar-refractivity contribution is 5.82. The van der Waals surface area contributed by atoms with Gasteiger partial charge in [0.25, 0.3) is 0 Å². The van der Waals surface area contributed by atoms with Crippen LogP contribution in [0.3, 0.4) is 0 Å². The minimum atomic E-state index is -1.41. The van der Waals surface area contributed by atoms with Gasteiger partial charge in [0.2, 0.25) is 0 Å². The molecule has 23 heavy (non-hydrogen) atoms. The highest BCUT2D eigenvalue weighted by atomic mass is 16.6. The molecule has 2 rings (SSSR count). The number of aliphatic hydroxyl groups is 1. The first-order chi connectivity index (χ1) is 11.0. The molecule has 1 fully saturated rings. The van der Waals surface area contributed by atoms with E-state index >= 15 is 0 Å². The summed E-state index contributed by atoms with van der Waals surface area (Å²) in [7, 11) is 1.20. The maximum Gasteiger partial charge on any atom is 0.408 e. The van der Waals surface area contributed by atoms with Crippen molar-refractivity contribution in [2.45, 2.75) is 31.1 Å². The largest absolute Gasteiger partial charge is 0.467 e. The quantitative estimate of drug-likeness (QED) is 0.785. The zero-order chi connectivity index (χ0) is 16.7. The minimum Gasteiger partial charge on any atom is -0.467 e. The topological polar surface area (TPSA) is 94.1 Å². The van der Waals surface area contributed by atoms with Crippen molar-refractivity contribution >= 4 is 12.1 Å². The highest BCUT2D eigenvalue weighted by Crippen LogP contribution is 2.25. The lowest BCUT2D eigenvalue weighted by molar-refractivity contribution is -0.156. The number of carbonyl (C=O) groups excluding carboxylic acids is 2. The van der Waals surface area contributed by atoms with Crippen LogP contribution in [0.5, 0.6) is 0 Å². The SMILES string of the molecule is COC(=O)[C@H](NC(=O)OCc1ccccc1)C1(O)CCOCC1. The van der Waals surface area contributed by atoms with E-state index in [0.717, 1.165) is 5.56 Å². The van der Waals surface area contributed by atoms with Crippen molar-refractivity contribution in [3.05, 3.63) is 35.9 Å². The van der Waals surface area contributed by atoms with Gasteiger partial charge in [0.15, 0.2) is 6.04 Å². The van der Waals surface area contributed by atoms with E-state index in [1.54, 1.807) is 0 Å². The molecule has 0 unspecified atom stereocenters. The molecule has 1 heterocycles. The minimum absolute atomic E-state index is 0.0715. The highest BCUT2D eigenvalue weighted by Gasteiger charge is 2.44. The van der Waals surface area contributed by atoms with Crippen molar-refractivity contribution in [1.29, 1.82) is 0 Å². The number of carbonyl (C=O) groups is 2. The smallest absolute Gasteiger partial charge is 0.408 e. The molecule has 1 aromatic rings. The number of hydrogen-bond donors (Lipinski definition) is 2. The number of rotatable bonds is 5. The van der Waals surface area contributed by atoms with Crippen LogP contribution in [-0.4, -0.2) is 49.1 Å². The van der Waals surface area contributed by atoms with Crippen LogP contribution in [0.4, 0.5) is 4.79 Å². The second kappa shape index (κ2) is 7.94. The van der Waals surface area contributed by atoms with Crippen LogP contribution in [-0.2, 0) is 25.6 Å². The van der Waals surface area contributed by atoms with Crippen molar-refractivity contribution < 1.29 is 28.9 Å². The fourth-order valence-corrected chi connectivity index (χ4v) is 2.43. The summed E-state index contributed by atoms with van der Waals surface area (Å²) >= 11 is 0. The number of benzene rings is 1. The van der Waals surface area contributed by atoms with E-state index in [-0.39, 0.29) is 19.4 Å². The fraction of sp³-hybridized carbons (Fsp3) is 0.500. The first kappa shape index (κ1) is 17.2. The van der Waals surface area contributed by atoms with Crippen LogP contribution in [0.15, 0.2) is 30.3 Å². The number of hydrogen-bond acceptors (Lipinski definition) is 6. The summed E-state index contributed by atoms with van der Waals surface area (Å²) in [6.07, 6.45) is -0.332. The number of esters is 1. The Morgan fingerprint density at radius 2 is 1.96 bits per heavy atom. The molecule has 126 valence electrons. The average molecular weight is 323 g/mol. The molecule has 0 saturated carbocycles. The molecule has 1 atom stereocenters. The molecule has 0 aliphatic carbocycles. The van der Waals surface area contributed by atoms with Crippen molar-refractivity contribution in [2.24, 2.45) is 0 Å². The molecule has 1 aliphatic rings. The number of alkyl carbamates (subject to hydrolysis) is 1. The van der Waals surface area contributed by atoms with Crippen LogP contribution in [0.2, 0.25) is 0 Å². The molecule has 1 aliphatic heterocycles. The van der Waals surface area contributed by atoms with Gasteiger partial charge in [0.1, 0.15) is 12.2 Å². The molecule has 1 saturated heterocycles. The van der Waals surface area contributed by atoms with Crippen molar-refractivity contribution in [2.75, 3.05) is 20.3 Å². The van der Waals surface area contributed by atoms with E-state index in [0.29, 0.717) is 13.2 Å². The van der Waals surface area contributed by atoms with Gasteiger partial charge in [-0.3, -0.25) is 0 Å². The van der Waals surface area contributed by atoms with E-state index < -0.39 is 23.7 Å². The third kappa shape index (κ3) is 4.67. The number of ether oxygens (including phenoxy) is 3. The lowest BCUT2D eigenvalue weighted by Gasteiger charge is -2.37. The molecule has 1 amide bonds. The molecule has 0 spiro atoms. The predicted molar refractivity (Wildman–Crippen MR) is 80.6 cm³/mol. The monoisotopic (exact) mass is 323 g/mol. The maximum absolute atomic E-state index is 11.9. The molecule has 7 heteroatoms. The first-order valence-corrected chi connectivity index (χ1v) is 7.40. The molecule has 0 aromatic heterocycles. The summed E-state index contributed by atoms with van der Waals surface area (Å²) in [5.41, 5.74) is -0.584. The summed E-state index contributed by atoms with van der Waals surface area (Å²) in [4.78, 5) is 23.9. The maximum atomic E-state index is 11.9. The Morgan fingerprint density at radius 3 is 2.57 bits per heavy atom. The van der Waals surface area contributed by atoms with Crippen LogP contribution < -0.4 is 5.32 Å². The lowest BCUT2D eigenvalue weighted by atomic mass is 9.86. The van der Waals surface area contributed by atoms with Crippen LogP contribution >= 0.6 is 0 Å². The zero-order valence-corrected chi connectivity index (χ0v) is 13.0. The Balaban J connectivity index is 1.97. The molecular formula is C16H21NO6. The van der Waals surface area contributed by atoms with Gasteiger partial charge >= 0.3 is 12.1 Å². The summed E-state index contributed by atoms with van der Waals surface area (Å²) in [5, 5.41) is 13.0. The summed E-state index contributed by atoms with van der Waals surface area (Å²) in [6.45, 7) is 0.692.